The number of anilines is 1. The number of dihydropyridines is 1. The van der Waals surface area contributed by atoms with Crippen molar-refractivity contribution in [3.63, 3.8) is 0 Å². The Morgan fingerprint density at radius 3 is 2.91 bits per heavy atom. The molecule has 0 spiro atoms. The molecule has 0 unspecified atom stereocenters. The fraction of sp³-hybridized carbons (Fsp3) is 0.280. The predicted molar refractivity (Wildman–Crippen MR) is 127 cm³/mol. The molecule has 2 amide bonds. The summed E-state index contributed by atoms with van der Waals surface area (Å²) in [6.07, 6.45) is 4.06. The lowest BCUT2D eigenvalue weighted by atomic mass is 9.98. The first-order valence-corrected chi connectivity index (χ1v) is 11.3. The Labute approximate surface area is 201 Å². The highest BCUT2D eigenvalue weighted by atomic mass is 35.5. The summed E-state index contributed by atoms with van der Waals surface area (Å²) in [6, 6.07) is 8.00. The van der Waals surface area contributed by atoms with Crippen molar-refractivity contribution >= 4 is 34.7 Å². The van der Waals surface area contributed by atoms with Gasteiger partial charge in [0.25, 0.3) is 11.8 Å². The van der Waals surface area contributed by atoms with Crippen molar-refractivity contribution in [3.05, 3.63) is 70.1 Å². The maximum atomic E-state index is 14.5. The number of amides is 2. The summed E-state index contributed by atoms with van der Waals surface area (Å²) in [5, 5.41) is 6.47. The summed E-state index contributed by atoms with van der Waals surface area (Å²) in [6.45, 7) is 3.85. The molecule has 9 heteroatoms. The molecular weight excluding hydrogens is 461 g/mol. The Morgan fingerprint density at radius 2 is 2.12 bits per heavy atom. The second-order valence-corrected chi connectivity index (χ2v) is 9.07. The SMILES string of the molecule is CC1=CNCC(c2cc(Cl)ccc2OCC2CN(C(=O)c3cc4c(cc3F)OCC(=O)N4)C2)=C1. The molecule has 1 fully saturated rings. The van der Waals surface area contributed by atoms with Crippen LogP contribution in [0.4, 0.5) is 10.1 Å². The third kappa shape index (κ3) is 4.46. The Hall–Kier alpha value is -3.52. The molecular formula is C25H23ClFN3O4. The molecule has 0 radical (unpaired) electrons. The minimum Gasteiger partial charge on any atom is -0.493 e. The Kier molecular flexibility index (Phi) is 5.91. The number of benzene rings is 2. The number of hydrogen-bond acceptors (Lipinski definition) is 5. The van der Waals surface area contributed by atoms with Crippen molar-refractivity contribution in [2.24, 2.45) is 5.92 Å². The molecule has 2 aromatic rings. The summed E-state index contributed by atoms with van der Waals surface area (Å²) in [5.74, 6) is -0.375. The van der Waals surface area contributed by atoms with Gasteiger partial charge in [-0.1, -0.05) is 17.7 Å². The van der Waals surface area contributed by atoms with Gasteiger partial charge < -0.3 is 25.0 Å². The van der Waals surface area contributed by atoms with Gasteiger partial charge in [-0.2, -0.15) is 0 Å². The number of carbonyl (C=O) groups excluding carboxylic acids is 2. The average molecular weight is 484 g/mol. The lowest BCUT2D eigenvalue weighted by Gasteiger charge is -2.39. The van der Waals surface area contributed by atoms with Crippen LogP contribution in [0.1, 0.15) is 22.8 Å². The molecule has 0 bridgehead atoms. The van der Waals surface area contributed by atoms with Crippen LogP contribution < -0.4 is 20.1 Å². The maximum absolute atomic E-state index is 14.5. The van der Waals surface area contributed by atoms with Crippen LogP contribution in [0.3, 0.4) is 0 Å². The van der Waals surface area contributed by atoms with E-state index in [1.54, 1.807) is 11.0 Å². The van der Waals surface area contributed by atoms with Crippen molar-refractivity contribution < 1.29 is 23.5 Å². The molecule has 2 aromatic carbocycles. The van der Waals surface area contributed by atoms with Gasteiger partial charge in [-0.15, -0.1) is 0 Å². The van der Waals surface area contributed by atoms with E-state index in [4.69, 9.17) is 21.1 Å². The van der Waals surface area contributed by atoms with Crippen LogP contribution in [0.15, 0.2) is 48.2 Å². The predicted octanol–water partition coefficient (Wildman–Crippen LogP) is 3.85. The molecule has 5 rings (SSSR count). The second-order valence-electron chi connectivity index (χ2n) is 8.63. The molecule has 0 saturated carbocycles. The maximum Gasteiger partial charge on any atom is 0.262 e. The van der Waals surface area contributed by atoms with E-state index in [2.05, 4.69) is 16.7 Å². The van der Waals surface area contributed by atoms with Gasteiger partial charge in [-0.05, 0) is 48.5 Å². The van der Waals surface area contributed by atoms with Crippen LogP contribution in [-0.4, -0.2) is 49.6 Å². The fourth-order valence-corrected chi connectivity index (χ4v) is 4.40. The average Bonchev–Trinajstić information content (AvgIpc) is 2.78. The number of ether oxygens (including phenoxy) is 2. The van der Waals surface area contributed by atoms with Crippen molar-refractivity contribution in [1.29, 1.82) is 0 Å². The third-order valence-electron chi connectivity index (χ3n) is 5.96. The van der Waals surface area contributed by atoms with E-state index < -0.39 is 11.7 Å². The van der Waals surface area contributed by atoms with E-state index in [1.165, 1.54) is 6.07 Å². The summed E-state index contributed by atoms with van der Waals surface area (Å²) >= 11 is 6.23. The number of carbonyl (C=O) groups is 2. The molecule has 1 saturated heterocycles. The van der Waals surface area contributed by atoms with E-state index in [-0.39, 0.29) is 29.7 Å². The second kappa shape index (κ2) is 9.02. The molecule has 7 nitrogen and oxygen atoms in total. The topological polar surface area (TPSA) is 79.9 Å². The molecule has 3 heterocycles. The lowest BCUT2D eigenvalue weighted by molar-refractivity contribution is -0.118. The first-order valence-electron chi connectivity index (χ1n) is 11.0. The van der Waals surface area contributed by atoms with Crippen LogP contribution in [0.5, 0.6) is 11.5 Å². The van der Waals surface area contributed by atoms with Gasteiger partial charge in [-0.25, -0.2) is 4.39 Å². The number of rotatable bonds is 5. The number of nitrogens with one attached hydrogen (secondary N) is 2. The molecule has 0 aromatic heterocycles. The molecule has 0 aliphatic carbocycles. The highest BCUT2D eigenvalue weighted by Crippen LogP contribution is 2.33. The lowest BCUT2D eigenvalue weighted by Crippen LogP contribution is -2.52. The van der Waals surface area contributed by atoms with Crippen LogP contribution in [0, 0.1) is 11.7 Å². The van der Waals surface area contributed by atoms with E-state index in [9.17, 15) is 14.0 Å². The zero-order valence-corrected chi connectivity index (χ0v) is 19.2. The van der Waals surface area contributed by atoms with Crippen LogP contribution in [0.25, 0.3) is 5.57 Å². The first kappa shape index (κ1) is 22.3. The van der Waals surface area contributed by atoms with Crippen LogP contribution >= 0.6 is 11.6 Å². The zero-order valence-electron chi connectivity index (χ0n) is 18.5. The normalized spacial score (nSPS) is 17.4. The summed E-state index contributed by atoms with van der Waals surface area (Å²) in [4.78, 5) is 25.9. The molecule has 2 N–H and O–H groups in total. The fourth-order valence-electron chi connectivity index (χ4n) is 4.23. The molecule has 3 aliphatic heterocycles. The van der Waals surface area contributed by atoms with Crippen molar-refractivity contribution in [1.82, 2.24) is 10.2 Å². The zero-order chi connectivity index (χ0) is 23.8. The largest absolute Gasteiger partial charge is 0.493 e. The number of hydrogen-bond donors (Lipinski definition) is 2. The highest BCUT2D eigenvalue weighted by Gasteiger charge is 2.34. The summed E-state index contributed by atoms with van der Waals surface area (Å²) in [7, 11) is 0. The third-order valence-corrected chi connectivity index (χ3v) is 6.20. The number of nitrogens with zero attached hydrogens (tertiary/aromatic N) is 1. The summed E-state index contributed by atoms with van der Waals surface area (Å²) < 4.78 is 25.8. The van der Waals surface area contributed by atoms with Gasteiger partial charge >= 0.3 is 0 Å². The van der Waals surface area contributed by atoms with Crippen molar-refractivity contribution in [2.75, 3.05) is 38.2 Å². The van der Waals surface area contributed by atoms with E-state index in [0.717, 1.165) is 28.5 Å². The van der Waals surface area contributed by atoms with Crippen molar-refractivity contribution in [2.45, 2.75) is 6.92 Å². The molecule has 34 heavy (non-hydrogen) atoms. The van der Waals surface area contributed by atoms with E-state index in [1.807, 2.05) is 25.3 Å². The number of fused-ring (bicyclic) bond motifs is 1. The van der Waals surface area contributed by atoms with Gasteiger partial charge in [0.1, 0.15) is 17.3 Å². The number of likely N-dealkylation sites (tertiary alicyclic amines) is 1. The minimum atomic E-state index is -0.677. The van der Waals surface area contributed by atoms with Gasteiger partial charge in [0.2, 0.25) is 0 Å². The van der Waals surface area contributed by atoms with Gasteiger partial charge in [0.05, 0.1) is 17.9 Å². The van der Waals surface area contributed by atoms with Crippen LogP contribution in [-0.2, 0) is 4.79 Å². The Morgan fingerprint density at radius 1 is 1.29 bits per heavy atom. The van der Waals surface area contributed by atoms with E-state index >= 15 is 0 Å². The molecule has 176 valence electrons. The highest BCUT2D eigenvalue weighted by molar-refractivity contribution is 6.30. The number of allylic oxidation sites excluding steroid dienone is 2. The first-order chi connectivity index (χ1) is 16.4. The van der Waals surface area contributed by atoms with E-state index in [0.29, 0.717) is 37.0 Å². The smallest absolute Gasteiger partial charge is 0.262 e. The van der Waals surface area contributed by atoms with Gasteiger partial charge in [-0.3, -0.25) is 9.59 Å². The van der Waals surface area contributed by atoms with Gasteiger partial charge in [0.15, 0.2) is 6.61 Å². The quantitative estimate of drug-likeness (QED) is 0.675. The summed E-state index contributed by atoms with van der Waals surface area (Å²) in [5.41, 5.74) is 3.33. The Balaban J connectivity index is 1.22. The van der Waals surface area contributed by atoms with Gasteiger partial charge in [0, 0.05) is 42.2 Å². The standard InChI is InChI=1S/C25H23ClFN3O4/c1-14-4-16(9-28-8-14)18-5-17(26)2-3-22(18)33-12-15-10-30(11-15)25(32)19-6-21-23(7-20(19)27)34-13-24(31)29-21/h2-8,15,28H,9-13H2,1H3,(H,29,31). The minimum absolute atomic E-state index is 0.0935. The number of halogens is 2. The molecule has 0 atom stereocenters. The van der Waals surface area contributed by atoms with Crippen molar-refractivity contribution in [3.8, 4) is 11.5 Å². The Bertz CT molecular complexity index is 1240. The molecule has 3 aliphatic rings. The monoisotopic (exact) mass is 483 g/mol. The van der Waals surface area contributed by atoms with Crippen LogP contribution in [0.2, 0.25) is 5.02 Å².